The number of cyclic esters (lactones) is 2. The molecule has 2 N–H and O–H groups in total. The van der Waals surface area contributed by atoms with Crippen LogP contribution in [-0.2, 0) is 19.1 Å². The van der Waals surface area contributed by atoms with Gasteiger partial charge in [0.05, 0.1) is 11.2 Å². The molecule has 3 rings (SSSR count). The number of nitrogens with one attached hydrogen (secondary N) is 1. The number of anilines is 1. The number of nitrogens with zero attached hydrogens (tertiary/aromatic N) is 1. The molecule has 1 aromatic heterocycles. The number of aromatic hydroxyl groups is 1. The van der Waals surface area contributed by atoms with Crippen LogP contribution in [0.3, 0.4) is 0 Å². The molecule has 0 bridgehead atoms. The first-order valence-electron chi connectivity index (χ1n) is 6.87. The maximum Gasteiger partial charge on any atom is 0.350 e. The van der Waals surface area contributed by atoms with Gasteiger partial charge in [0.25, 0.3) is 5.79 Å². The first-order valence-corrected chi connectivity index (χ1v) is 6.87. The molecular weight excluding hydrogens is 300 g/mol. The number of fused-ring (bicyclic) bond motifs is 1. The maximum absolute atomic E-state index is 11.9. The number of hydrogen-bond donors (Lipinski definition) is 2. The van der Waals surface area contributed by atoms with Gasteiger partial charge in [0.2, 0.25) is 0 Å². The summed E-state index contributed by atoms with van der Waals surface area (Å²) in [6, 6.07) is 6.60. The summed E-state index contributed by atoms with van der Waals surface area (Å²) in [7, 11) is 0. The zero-order valence-corrected chi connectivity index (χ0v) is 12.5. The molecule has 2 aromatic rings. The van der Waals surface area contributed by atoms with Gasteiger partial charge in [0.15, 0.2) is 5.57 Å². The Balaban J connectivity index is 1.96. The molecule has 1 aliphatic rings. The SMILES string of the molecule is CC1(C)OC(=O)C(=CNc2c(O)ccc3ncccc23)C(=O)O1. The Morgan fingerprint density at radius 2 is 1.87 bits per heavy atom. The van der Waals surface area contributed by atoms with Crippen LogP contribution in [-0.4, -0.2) is 27.8 Å². The van der Waals surface area contributed by atoms with Crippen molar-refractivity contribution in [3.8, 4) is 5.75 Å². The molecule has 0 spiro atoms. The van der Waals surface area contributed by atoms with Gasteiger partial charge in [-0.15, -0.1) is 0 Å². The molecule has 0 aliphatic carbocycles. The minimum Gasteiger partial charge on any atom is -0.506 e. The highest BCUT2D eigenvalue weighted by Gasteiger charge is 2.39. The lowest BCUT2D eigenvalue weighted by Gasteiger charge is -2.29. The molecular formula is C16H14N2O5. The number of esters is 2. The fraction of sp³-hybridized carbons (Fsp3) is 0.188. The molecule has 0 atom stereocenters. The summed E-state index contributed by atoms with van der Waals surface area (Å²) in [6.07, 6.45) is 2.78. The molecule has 118 valence electrons. The number of hydrogen-bond acceptors (Lipinski definition) is 7. The number of rotatable bonds is 2. The second kappa shape index (κ2) is 5.28. The molecule has 1 aliphatic heterocycles. The van der Waals surface area contributed by atoms with Crippen LogP contribution in [0, 0.1) is 0 Å². The summed E-state index contributed by atoms with van der Waals surface area (Å²) in [5, 5.41) is 13.4. The van der Waals surface area contributed by atoms with Crippen molar-refractivity contribution < 1.29 is 24.2 Å². The Hall–Kier alpha value is -3.09. The summed E-state index contributed by atoms with van der Waals surface area (Å²) in [6.45, 7) is 2.93. The van der Waals surface area contributed by atoms with Crippen LogP contribution >= 0.6 is 0 Å². The van der Waals surface area contributed by atoms with E-state index in [0.717, 1.165) is 6.20 Å². The predicted molar refractivity (Wildman–Crippen MR) is 81.4 cm³/mol. The number of benzene rings is 1. The van der Waals surface area contributed by atoms with E-state index < -0.39 is 17.7 Å². The Morgan fingerprint density at radius 1 is 1.17 bits per heavy atom. The second-order valence-corrected chi connectivity index (χ2v) is 5.41. The van der Waals surface area contributed by atoms with E-state index in [1.807, 2.05) is 0 Å². The van der Waals surface area contributed by atoms with Crippen molar-refractivity contribution in [2.24, 2.45) is 0 Å². The number of ether oxygens (including phenoxy) is 2. The minimum absolute atomic E-state index is 0.0415. The van der Waals surface area contributed by atoms with Gasteiger partial charge in [0.1, 0.15) is 5.75 Å². The molecule has 0 radical (unpaired) electrons. The zero-order valence-electron chi connectivity index (χ0n) is 12.5. The number of phenolic OH excluding ortho intramolecular Hbond substituents is 1. The molecule has 0 saturated carbocycles. The Labute approximate surface area is 131 Å². The van der Waals surface area contributed by atoms with Crippen LogP contribution in [0.1, 0.15) is 13.8 Å². The molecule has 1 aromatic carbocycles. The second-order valence-electron chi connectivity index (χ2n) is 5.41. The predicted octanol–water partition coefficient (Wildman–Crippen LogP) is 2.07. The smallest absolute Gasteiger partial charge is 0.350 e. The lowest BCUT2D eigenvalue weighted by molar-refractivity contribution is -0.222. The molecule has 23 heavy (non-hydrogen) atoms. The lowest BCUT2D eigenvalue weighted by Crippen LogP contribution is -2.42. The summed E-state index contributed by atoms with van der Waals surface area (Å²) >= 11 is 0. The van der Waals surface area contributed by atoms with Gasteiger partial charge in [-0.2, -0.15) is 0 Å². The highest BCUT2D eigenvalue weighted by atomic mass is 16.7. The Kier molecular flexibility index (Phi) is 3.40. The van der Waals surface area contributed by atoms with E-state index in [4.69, 9.17) is 9.47 Å². The monoisotopic (exact) mass is 314 g/mol. The zero-order chi connectivity index (χ0) is 16.6. The molecule has 7 nitrogen and oxygen atoms in total. The van der Waals surface area contributed by atoms with E-state index in [-0.39, 0.29) is 11.3 Å². The normalized spacial score (nSPS) is 16.7. The van der Waals surface area contributed by atoms with E-state index in [9.17, 15) is 14.7 Å². The van der Waals surface area contributed by atoms with E-state index in [0.29, 0.717) is 16.6 Å². The average Bonchev–Trinajstić information content (AvgIpc) is 2.47. The molecule has 1 fully saturated rings. The van der Waals surface area contributed by atoms with E-state index in [2.05, 4.69) is 10.3 Å². The standard InChI is InChI=1S/C16H14N2O5/c1-16(2)22-14(20)10(15(21)23-16)8-18-13-9-4-3-7-17-11(9)5-6-12(13)19/h3-8,18-19H,1-2H3. The first kappa shape index (κ1) is 14.8. The Morgan fingerprint density at radius 3 is 2.57 bits per heavy atom. The van der Waals surface area contributed by atoms with Crippen molar-refractivity contribution in [2.45, 2.75) is 19.6 Å². The van der Waals surface area contributed by atoms with Crippen molar-refractivity contribution in [3.63, 3.8) is 0 Å². The summed E-state index contributed by atoms with van der Waals surface area (Å²) in [5.74, 6) is -2.93. The molecule has 2 heterocycles. The van der Waals surface area contributed by atoms with Gasteiger partial charge in [-0.3, -0.25) is 4.98 Å². The van der Waals surface area contributed by atoms with Gasteiger partial charge < -0.3 is 19.9 Å². The van der Waals surface area contributed by atoms with Crippen LogP contribution in [0.2, 0.25) is 0 Å². The largest absolute Gasteiger partial charge is 0.506 e. The summed E-state index contributed by atoms with van der Waals surface area (Å²) in [4.78, 5) is 27.9. The highest BCUT2D eigenvalue weighted by Crippen LogP contribution is 2.32. The number of phenols is 1. The third-order valence-corrected chi connectivity index (χ3v) is 3.24. The van der Waals surface area contributed by atoms with Crippen molar-refractivity contribution in [1.82, 2.24) is 4.98 Å². The van der Waals surface area contributed by atoms with Gasteiger partial charge in [0, 0.05) is 31.6 Å². The maximum atomic E-state index is 11.9. The lowest BCUT2D eigenvalue weighted by atomic mass is 10.1. The summed E-state index contributed by atoms with van der Waals surface area (Å²) < 4.78 is 10.00. The fourth-order valence-electron chi connectivity index (χ4n) is 2.22. The first-order chi connectivity index (χ1) is 10.9. The number of carbonyl (C=O) groups is 2. The Bertz CT molecular complexity index is 819. The molecule has 1 saturated heterocycles. The van der Waals surface area contributed by atoms with Crippen LogP contribution in [0.15, 0.2) is 42.2 Å². The van der Waals surface area contributed by atoms with Crippen molar-refractivity contribution >= 4 is 28.5 Å². The number of aromatic nitrogens is 1. The van der Waals surface area contributed by atoms with E-state index in [1.54, 1.807) is 24.4 Å². The van der Waals surface area contributed by atoms with Crippen LogP contribution in [0.25, 0.3) is 10.9 Å². The topological polar surface area (TPSA) is 97.8 Å². The third-order valence-electron chi connectivity index (χ3n) is 3.24. The summed E-state index contributed by atoms with van der Waals surface area (Å²) in [5.41, 5.74) is 0.694. The number of pyridine rings is 1. The van der Waals surface area contributed by atoms with Crippen LogP contribution < -0.4 is 5.32 Å². The van der Waals surface area contributed by atoms with Gasteiger partial charge in [-0.25, -0.2) is 9.59 Å². The average molecular weight is 314 g/mol. The van der Waals surface area contributed by atoms with Crippen LogP contribution in [0.4, 0.5) is 5.69 Å². The van der Waals surface area contributed by atoms with Crippen molar-refractivity contribution in [3.05, 3.63) is 42.2 Å². The van der Waals surface area contributed by atoms with E-state index >= 15 is 0 Å². The minimum atomic E-state index is -1.29. The van der Waals surface area contributed by atoms with E-state index in [1.165, 1.54) is 19.9 Å². The third kappa shape index (κ3) is 2.80. The quantitative estimate of drug-likeness (QED) is 0.379. The van der Waals surface area contributed by atoms with Gasteiger partial charge >= 0.3 is 11.9 Å². The van der Waals surface area contributed by atoms with Crippen LogP contribution in [0.5, 0.6) is 5.75 Å². The van der Waals surface area contributed by atoms with Crippen molar-refractivity contribution in [1.29, 1.82) is 0 Å². The molecule has 0 amide bonds. The number of carbonyl (C=O) groups excluding carboxylic acids is 2. The molecule has 0 unspecified atom stereocenters. The fourth-order valence-corrected chi connectivity index (χ4v) is 2.22. The van der Waals surface area contributed by atoms with Crippen molar-refractivity contribution in [2.75, 3.05) is 5.32 Å². The van der Waals surface area contributed by atoms with Gasteiger partial charge in [-0.05, 0) is 24.3 Å². The molecule has 7 heteroatoms. The highest BCUT2D eigenvalue weighted by molar-refractivity contribution is 6.15. The van der Waals surface area contributed by atoms with Gasteiger partial charge in [-0.1, -0.05) is 0 Å².